The quantitative estimate of drug-likeness (QED) is 0.115. The summed E-state index contributed by atoms with van der Waals surface area (Å²) in [6.45, 7) is 12.3. The van der Waals surface area contributed by atoms with Crippen LogP contribution in [0.3, 0.4) is 0 Å². The molecule has 0 amide bonds. The number of ether oxygens (including phenoxy) is 1. The molecule has 0 radical (unpaired) electrons. The molecular weight excluding hydrogens is 524 g/mol. The van der Waals surface area contributed by atoms with E-state index in [-0.39, 0.29) is 17.5 Å². The molecule has 0 saturated heterocycles. The third-order valence-corrected chi connectivity index (χ3v) is 12.2. The van der Waals surface area contributed by atoms with Crippen LogP contribution in [0, 0.1) is 46.3 Å². The van der Waals surface area contributed by atoms with Crippen molar-refractivity contribution in [2.75, 3.05) is 5.33 Å². The van der Waals surface area contributed by atoms with Crippen molar-refractivity contribution in [1.29, 1.82) is 0 Å². The van der Waals surface area contributed by atoms with Crippen molar-refractivity contribution in [3.63, 3.8) is 0 Å². The van der Waals surface area contributed by atoms with Crippen molar-refractivity contribution in [2.45, 2.75) is 137 Å². The average Bonchev–Trinajstić information content (AvgIpc) is 3.20. The molecule has 9 atom stereocenters. The summed E-state index contributed by atoms with van der Waals surface area (Å²) in [5.74, 6) is 4.46. The molecule has 0 aliphatic heterocycles. The molecule has 0 spiro atoms. The van der Waals surface area contributed by atoms with Crippen LogP contribution in [-0.2, 0) is 9.53 Å². The van der Waals surface area contributed by atoms with Crippen LogP contribution in [-0.4, -0.2) is 28.6 Å². The summed E-state index contributed by atoms with van der Waals surface area (Å²) in [5.41, 5.74) is 1.72. The van der Waals surface area contributed by atoms with Crippen LogP contribution >= 0.6 is 15.9 Å². The number of halogens is 1. The second-order valence-electron chi connectivity index (χ2n) is 14.2. The smallest absolute Gasteiger partial charge is 0.306 e. The Morgan fingerprint density at radius 2 is 1.86 bits per heavy atom. The lowest BCUT2D eigenvalue weighted by Gasteiger charge is -2.60. The number of carbonyl (C=O) groups is 1. The Morgan fingerprint density at radius 1 is 1.08 bits per heavy atom. The molecule has 37 heavy (non-hydrogen) atoms. The fraction of sp³-hybridized carbons (Fsp3) is 0.909. The van der Waals surface area contributed by atoms with E-state index in [1.807, 2.05) is 0 Å². The molecule has 3 fully saturated rings. The summed E-state index contributed by atoms with van der Waals surface area (Å²) in [6, 6.07) is 0. The van der Waals surface area contributed by atoms with Crippen molar-refractivity contribution in [3.8, 4) is 0 Å². The molecule has 0 bridgehead atoms. The Labute approximate surface area is 236 Å². The minimum absolute atomic E-state index is 0.0619. The average molecular weight is 580 g/mol. The summed E-state index contributed by atoms with van der Waals surface area (Å²) >= 11 is 3.48. The lowest BCUT2D eigenvalue weighted by atomic mass is 9.46. The van der Waals surface area contributed by atoms with Gasteiger partial charge in [0.15, 0.2) is 0 Å². The number of rotatable bonds is 11. The number of fused-ring (bicyclic) bond motifs is 5. The van der Waals surface area contributed by atoms with Crippen LogP contribution in [0.1, 0.15) is 125 Å². The maximum Gasteiger partial charge on any atom is 0.306 e. The van der Waals surface area contributed by atoms with Gasteiger partial charge in [-0.2, -0.15) is 0 Å². The van der Waals surface area contributed by atoms with Crippen LogP contribution in [0.2, 0.25) is 0 Å². The maximum atomic E-state index is 12.9. The highest BCUT2D eigenvalue weighted by Crippen LogP contribution is 2.67. The van der Waals surface area contributed by atoms with E-state index < -0.39 is 6.10 Å². The Bertz CT molecular complexity index is 807. The van der Waals surface area contributed by atoms with Crippen molar-refractivity contribution >= 4 is 21.9 Å². The number of allylic oxidation sites excluding steroid dienone is 1. The lowest BCUT2D eigenvalue weighted by molar-refractivity contribution is -0.169. The van der Waals surface area contributed by atoms with E-state index in [0.29, 0.717) is 30.1 Å². The molecular formula is C33H55BrO3. The van der Waals surface area contributed by atoms with Crippen LogP contribution in [0.5, 0.6) is 0 Å². The fourth-order valence-corrected chi connectivity index (χ4v) is 10.0. The van der Waals surface area contributed by atoms with E-state index in [1.54, 1.807) is 0 Å². The number of unbranched alkanes of at least 4 members (excludes halogenated alkanes) is 2. The van der Waals surface area contributed by atoms with Crippen molar-refractivity contribution in [2.24, 2.45) is 46.3 Å². The van der Waals surface area contributed by atoms with Gasteiger partial charge in [-0.15, -0.1) is 0 Å². The van der Waals surface area contributed by atoms with Gasteiger partial charge in [0.05, 0.1) is 6.10 Å². The lowest BCUT2D eigenvalue weighted by Crippen LogP contribution is -2.56. The van der Waals surface area contributed by atoms with Crippen molar-refractivity contribution in [1.82, 2.24) is 0 Å². The van der Waals surface area contributed by atoms with Gasteiger partial charge in [-0.3, -0.25) is 4.79 Å². The first-order valence-corrected chi connectivity index (χ1v) is 16.9. The van der Waals surface area contributed by atoms with Gasteiger partial charge in [-0.05, 0) is 92.3 Å². The van der Waals surface area contributed by atoms with Crippen LogP contribution < -0.4 is 0 Å². The van der Waals surface area contributed by atoms with E-state index >= 15 is 0 Å². The summed E-state index contributed by atoms with van der Waals surface area (Å²) < 4.78 is 6.27. The molecule has 1 N–H and O–H groups in total. The van der Waals surface area contributed by atoms with E-state index in [0.717, 1.165) is 61.1 Å². The molecule has 4 rings (SSSR count). The van der Waals surface area contributed by atoms with Crippen LogP contribution in [0.15, 0.2) is 11.6 Å². The van der Waals surface area contributed by atoms with Crippen LogP contribution in [0.25, 0.3) is 0 Å². The molecule has 0 aromatic carbocycles. The molecule has 0 aromatic heterocycles. The summed E-state index contributed by atoms with van der Waals surface area (Å²) in [6.07, 6.45) is 17.4. The first kappa shape index (κ1) is 29.6. The van der Waals surface area contributed by atoms with Gasteiger partial charge < -0.3 is 9.84 Å². The van der Waals surface area contributed by atoms with Gasteiger partial charge in [-0.1, -0.05) is 87.9 Å². The van der Waals surface area contributed by atoms with Gasteiger partial charge >= 0.3 is 5.97 Å². The molecule has 1 unspecified atom stereocenters. The van der Waals surface area contributed by atoms with E-state index in [2.05, 4.69) is 56.6 Å². The maximum absolute atomic E-state index is 12.9. The molecule has 4 aliphatic carbocycles. The Balaban J connectivity index is 1.48. The fourth-order valence-electron chi connectivity index (χ4n) is 9.63. The van der Waals surface area contributed by atoms with Gasteiger partial charge in [0.25, 0.3) is 0 Å². The zero-order valence-corrected chi connectivity index (χ0v) is 26.0. The Kier molecular flexibility index (Phi) is 9.96. The molecule has 212 valence electrons. The molecule has 3 saturated carbocycles. The predicted octanol–water partition coefficient (Wildman–Crippen LogP) is 8.87. The van der Waals surface area contributed by atoms with E-state index in [1.165, 1.54) is 50.5 Å². The topological polar surface area (TPSA) is 46.5 Å². The second kappa shape index (κ2) is 12.4. The minimum atomic E-state index is -0.390. The number of hydrogen-bond donors (Lipinski definition) is 1. The van der Waals surface area contributed by atoms with Gasteiger partial charge in [0, 0.05) is 23.6 Å². The number of carbonyl (C=O) groups excluding carboxylic acids is 1. The van der Waals surface area contributed by atoms with Crippen molar-refractivity contribution in [3.05, 3.63) is 11.6 Å². The minimum Gasteiger partial charge on any atom is -0.461 e. The predicted molar refractivity (Wildman–Crippen MR) is 157 cm³/mol. The standard InChI is InChI=1S/C33H55BrO3/c1-22(2)10-9-11-23(3)27-15-16-28-26-14-13-24-20-25(35)21-30(37-31(36)12-7-6-8-19-34)33(24,5)29(26)17-18-32(27,28)4/h13,22-23,25-30,35H,6-12,14-21H2,1-5H3/t23-,25-,26+,27-,28+,29+,30?,32-,33+/m1/s1. The molecule has 0 heterocycles. The second-order valence-corrected chi connectivity index (χ2v) is 15.0. The monoisotopic (exact) mass is 578 g/mol. The number of alkyl halides is 1. The molecule has 4 aliphatic rings. The SMILES string of the molecule is CC(C)CCC[C@@H](C)[C@H]1CC[C@H]2[C@@H]3CC=C4C[C@@H](O)CC(OC(=O)CCCCCBr)[C@]4(C)[C@H]3CC[C@]12C. The van der Waals surface area contributed by atoms with Gasteiger partial charge in [0.2, 0.25) is 0 Å². The van der Waals surface area contributed by atoms with E-state index in [9.17, 15) is 9.90 Å². The van der Waals surface area contributed by atoms with Crippen molar-refractivity contribution < 1.29 is 14.6 Å². The zero-order chi connectivity index (χ0) is 26.8. The zero-order valence-electron chi connectivity index (χ0n) is 24.4. The number of aliphatic hydroxyl groups is 1. The largest absolute Gasteiger partial charge is 0.461 e. The number of aliphatic hydroxyl groups excluding tert-OH is 1. The summed E-state index contributed by atoms with van der Waals surface area (Å²) in [7, 11) is 0. The van der Waals surface area contributed by atoms with Gasteiger partial charge in [0.1, 0.15) is 6.10 Å². The summed E-state index contributed by atoms with van der Waals surface area (Å²) in [5, 5.41) is 11.7. The van der Waals surface area contributed by atoms with E-state index in [4.69, 9.17) is 4.74 Å². The normalized spacial score (nSPS) is 39.9. The van der Waals surface area contributed by atoms with Gasteiger partial charge in [-0.25, -0.2) is 0 Å². The summed E-state index contributed by atoms with van der Waals surface area (Å²) in [4.78, 5) is 12.9. The van der Waals surface area contributed by atoms with Crippen LogP contribution in [0.4, 0.5) is 0 Å². The molecule has 0 aromatic rings. The third kappa shape index (κ3) is 6.06. The highest BCUT2D eigenvalue weighted by Gasteiger charge is 2.61. The molecule has 4 heteroatoms. The third-order valence-electron chi connectivity index (χ3n) is 11.6. The number of hydrogen-bond acceptors (Lipinski definition) is 3. The first-order valence-electron chi connectivity index (χ1n) is 15.7. The Morgan fingerprint density at radius 3 is 2.59 bits per heavy atom. The number of esters is 1. The highest BCUT2D eigenvalue weighted by atomic mass is 79.9. The Hall–Kier alpha value is -0.350. The highest BCUT2D eigenvalue weighted by molar-refractivity contribution is 9.09. The first-order chi connectivity index (χ1) is 17.6. The molecule has 3 nitrogen and oxygen atoms in total.